The summed E-state index contributed by atoms with van der Waals surface area (Å²) in [5.41, 5.74) is 0. The van der Waals surface area contributed by atoms with Gasteiger partial charge in [0.15, 0.2) is 4.67 Å². The van der Waals surface area contributed by atoms with E-state index in [2.05, 4.69) is 40.0 Å². The predicted molar refractivity (Wildman–Crippen MR) is 82.3 cm³/mol. The van der Waals surface area contributed by atoms with E-state index in [0.29, 0.717) is 0 Å². The second-order valence-corrected chi connectivity index (χ2v) is 6.33. The number of hydrogen-bond donors (Lipinski definition) is 1. The van der Waals surface area contributed by atoms with E-state index in [9.17, 15) is 0 Å². The average molecular weight is 329 g/mol. The lowest BCUT2D eigenvalue weighted by Gasteiger charge is -2.33. The van der Waals surface area contributed by atoms with Crippen LogP contribution in [0.1, 0.15) is 51.3 Å². The van der Waals surface area contributed by atoms with E-state index in [0.717, 1.165) is 23.0 Å². The first-order valence-corrected chi connectivity index (χ1v) is 8.19. The minimum atomic E-state index is 0.282. The SMILES string of the molecule is CC(NCCCN1CCCCC1C)c1ccc(Br)o1. The predicted octanol–water partition coefficient (Wildman–Crippen LogP) is 3.96. The van der Waals surface area contributed by atoms with Crippen molar-refractivity contribution in [2.45, 2.75) is 51.6 Å². The van der Waals surface area contributed by atoms with Crippen molar-refractivity contribution in [1.29, 1.82) is 0 Å². The third-order valence-electron chi connectivity index (χ3n) is 4.03. The van der Waals surface area contributed by atoms with E-state index < -0.39 is 0 Å². The second-order valence-electron chi connectivity index (χ2n) is 5.55. The molecule has 0 radical (unpaired) electrons. The number of furan rings is 1. The largest absolute Gasteiger partial charge is 0.453 e. The van der Waals surface area contributed by atoms with Gasteiger partial charge in [0.05, 0.1) is 6.04 Å². The molecular weight excluding hydrogens is 304 g/mol. The average Bonchev–Trinajstić information content (AvgIpc) is 2.83. The maximum absolute atomic E-state index is 5.55. The molecule has 108 valence electrons. The van der Waals surface area contributed by atoms with Gasteiger partial charge in [-0.2, -0.15) is 0 Å². The third kappa shape index (κ3) is 4.62. The fourth-order valence-electron chi connectivity index (χ4n) is 2.75. The summed E-state index contributed by atoms with van der Waals surface area (Å²) < 4.78 is 6.36. The van der Waals surface area contributed by atoms with Crippen LogP contribution in [0.4, 0.5) is 0 Å². The summed E-state index contributed by atoms with van der Waals surface area (Å²) in [6, 6.07) is 5.02. The number of nitrogens with zero attached hydrogens (tertiary/aromatic N) is 1. The monoisotopic (exact) mass is 328 g/mol. The lowest BCUT2D eigenvalue weighted by Crippen LogP contribution is -2.39. The molecule has 1 aromatic rings. The van der Waals surface area contributed by atoms with Gasteiger partial charge in [0.2, 0.25) is 0 Å². The van der Waals surface area contributed by atoms with Crippen molar-refractivity contribution in [3.8, 4) is 0 Å². The molecule has 1 saturated heterocycles. The summed E-state index contributed by atoms with van der Waals surface area (Å²) in [5, 5.41) is 3.53. The minimum Gasteiger partial charge on any atom is -0.453 e. The Kier molecular flexibility index (Phi) is 5.92. The number of likely N-dealkylation sites (tertiary alicyclic amines) is 1. The van der Waals surface area contributed by atoms with Crippen LogP contribution in [0.5, 0.6) is 0 Å². The molecule has 2 atom stereocenters. The molecule has 4 heteroatoms. The Bertz CT molecular complexity index is 380. The van der Waals surface area contributed by atoms with Crippen LogP contribution in [0.2, 0.25) is 0 Å². The number of nitrogens with one attached hydrogen (secondary N) is 1. The van der Waals surface area contributed by atoms with Crippen LogP contribution in [0.25, 0.3) is 0 Å². The molecular formula is C15H25BrN2O. The third-order valence-corrected chi connectivity index (χ3v) is 4.46. The Labute approximate surface area is 124 Å². The van der Waals surface area contributed by atoms with Crippen molar-refractivity contribution in [3.05, 3.63) is 22.6 Å². The summed E-state index contributed by atoms with van der Waals surface area (Å²) in [6.45, 7) is 8.04. The topological polar surface area (TPSA) is 28.4 Å². The molecule has 0 saturated carbocycles. The lowest BCUT2D eigenvalue weighted by atomic mass is 10.0. The molecule has 0 aromatic carbocycles. The lowest BCUT2D eigenvalue weighted by molar-refractivity contribution is 0.158. The Morgan fingerprint density at radius 1 is 1.47 bits per heavy atom. The standard InChI is InChI=1S/C15H25BrN2O/c1-12-6-3-4-10-18(12)11-5-9-17-13(2)14-7-8-15(16)19-14/h7-8,12-13,17H,3-6,9-11H2,1-2H3. The molecule has 2 rings (SSSR count). The highest BCUT2D eigenvalue weighted by Crippen LogP contribution is 2.20. The summed E-state index contributed by atoms with van der Waals surface area (Å²) in [4.78, 5) is 2.62. The van der Waals surface area contributed by atoms with E-state index in [1.807, 2.05) is 12.1 Å². The van der Waals surface area contributed by atoms with Crippen LogP contribution in [0.3, 0.4) is 0 Å². The van der Waals surface area contributed by atoms with Gasteiger partial charge in [-0.25, -0.2) is 0 Å². The molecule has 1 aromatic heterocycles. The van der Waals surface area contributed by atoms with Crippen molar-refractivity contribution in [2.24, 2.45) is 0 Å². The zero-order valence-corrected chi connectivity index (χ0v) is 13.6. The molecule has 1 fully saturated rings. The van der Waals surface area contributed by atoms with Crippen LogP contribution in [-0.4, -0.2) is 30.6 Å². The fourth-order valence-corrected chi connectivity index (χ4v) is 3.07. The molecule has 0 aliphatic carbocycles. The zero-order chi connectivity index (χ0) is 13.7. The van der Waals surface area contributed by atoms with Gasteiger partial charge in [-0.15, -0.1) is 0 Å². The fraction of sp³-hybridized carbons (Fsp3) is 0.733. The molecule has 0 amide bonds. The van der Waals surface area contributed by atoms with Gasteiger partial charge in [-0.3, -0.25) is 0 Å². The van der Waals surface area contributed by atoms with E-state index in [1.165, 1.54) is 38.8 Å². The van der Waals surface area contributed by atoms with Gasteiger partial charge in [0.25, 0.3) is 0 Å². The van der Waals surface area contributed by atoms with Crippen LogP contribution in [0.15, 0.2) is 21.2 Å². The van der Waals surface area contributed by atoms with E-state index in [1.54, 1.807) is 0 Å². The van der Waals surface area contributed by atoms with Crippen LogP contribution >= 0.6 is 15.9 Å². The van der Waals surface area contributed by atoms with Crippen LogP contribution in [0, 0.1) is 0 Å². The summed E-state index contributed by atoms with van der Waals surface area (Å²) in [6.07, 6.45) is 5.34. The number of rotatable bonds is 6. The zero-order valence-electron chi connectivity index (χ0n) is 12.0. The van der Waals surface area contributed by atoms with Crippen molar-refractivity contribution >= 4 is 15.9 Å². The van der Waals surface area contributed by atoms with E-state index >= 15 is 0 Å². The van der Waals surface area contributed by atoms with Crippen molar-refractivity contribution in [2.75, 3.05) is 19.6 Å². The summed E-state index contributed by atoms with van der Waals surface area (Å²) >= 11 is 3.34. The van der Waals surface area contributed by atoms with Crippen LogP contribution in [-0.2, 0) is 0 Å². The van der Waals surface area contributed by atoms with Gasteiger partial charge in [0, 0.05) is 6.04 Å². The Hall–Kier alpha value is -0.320. The minimum absolute atomic E-state index is 0.282. The molecule has 0 bridgehead atoms. The Morgan fingerprint density at radius 2 is 2.32 bits per heavy atom. The summed E-state index contributed by atoms with van der Waals surface area (Å²) in [7, 11) is 0. The van der Waals surface area contributed by atoms with Gasteiger partial charge < -0.3 is 14.6 Å². The Balaban J connectivity index is 1.63. The van der Waals surface area contributed by atoms with Crippen molar-refractivity contribution < 1.29 is 4.42 Å². The highest BCUT2D eigenvalue weighted by Gasteiger charge is 2.17. The molecule has 19 heavy (non-hydrogen) atoms. The highest BCUT2D eigenvalue weighted by molar-refractivity contribution is 9.10. The molecule has 1 aliphatic heterocycles. The molecule has 2 unspecified atom stereocenters. The first-order valence-electron chi connectivity index (χ1n) is 7.39. The first kappa shape index (κ1) is 15.1. The second kappa shape index (κ2) is 7.46. The van der Waals surface area contributed by atoms with E-state index in [4.69, 9.17) is 4.42 Å². The molecule has 1 N–H and O–H groups in total. The smallest absolute Gasteiger partial charge is 0.169 e. The normalized spacial score (nSPS) is 22.6. The number of halogens is 1. The molecule has 1 aliphatic rings. The molecule has 0 spiro atoms. The number of piperidine rings is 1. The molecule has 3 nitrogen and oxygen atoms in total. The van der Waals surface area contributed by atoms with Gasteiger partial charge in [0.1, 0.15) is 5.76 Å². The first-order chi connectivity index (χ1) is 9.16. The van der Waals surface area contributed by atoms with E-state index in [-0.39, 0.29) is 6.04 Å². The van der Waals surface area contributed by atoms with Crippen molar-refractivity contribution in [3.63, 3.8) is 0 Å². The van der Waals surface area contributed by atoms with Gasteiger partial charge >= 0.3 is 0 Å². The molecule has 2 heterocycles. The Morgan fingerprint density at radius 3 is 3.00 bits per heavy atom. The summed E-state index contributed by atoms with van der Waals surface area (Å²) in [5.74, 6) is 0.998. The maximum Gasteiger partial charge on any atom is 0.169 e. The highest BCUT2D eigenvalue weighted by atomic mass is 79.9. The maximum atomic E-state index is 5.55. The van der Waals surface area contributed by atoms with Gasteiger partial charge in [-0.1, -0.05) is 6.42 Å². The van der Waals surface area contributed by atoms with Crippen molar-refractivity contribution in [1.82, 2.24) is 10.2 Å². The quantitative estimate of drug-likeness (QED) is 0.801. The van der Waals surface area contributed by atoms with Gasteiger partial charge in [-0.05, 0) is 80.8 Å². The van der Waals surface area contributed by atoms with Crippen LogP contribution < -0.4 is 5.32 Å². The number of hydrogen-bond acceptors (Lipinski definition) is 3.